The summed E-state index contributed by atoms with van der Waals surface area (Å²) in [4.78, 5) is 0. The van der Waals surface area contributed by atoms with E-state index in [4.69, 9.17) is 8.83 Å². The predicted octanol–water partition coefficient (Wildman–Crippen LogP) is 14.6. The third-order valence-corrected chi connectivity index (χ3v) is 11.2. The monoisotopic (exact) mass is 660 g/mol. The van der Waals surface area contributed by atoms with Crippen LogP contribution in [0.5, 0.6) is 0 Å². The molecule has 0 amide bonds. The molecule has 2 heterocycles. The van der Waals surface area contributed by atoms with Crippen LogP contribution in [0, 0.1) is 0 Å². The molecule has 2 heteroatoms. The molecule has 2 aromatic heterocycles. The third-order valence-electron chi connectivity index (χ3n) is 11.2. The van der Waals surface area contributed by atoms with E-state index in [1.807, 2.05) is 24.3 Å². The normalized spacial score (nSPS) is 12.2. The lowest BCUT2D eigenvalue weighted by Crippen LogP contribution is -1.90. The molecule has 52 heavy (non-hydrogen) atoms. The average Bonchev–Trinajstić information content (AvgIpc) is 3.78. The van der Waals surface area contributed by atoms with E-state index in [1.54, 1.807) is 0 Å². The number of hydrogen-bond donors (Lipinski definition) is 0. The Bertz CT molecular complexity index is 3240. The van der Waals surface area contributed by atoms with Crippen molar-refractivity contribution in [2.45, 2.75) is 0 Å². The van der Waals surface area contributed by atoms with Crippen molar-refractivity contribution in [1.29, 1.82) is 0 Å². The molecule has 0 fully saturated rings. The van der Waals surface area contributed by atoms with Gasteiger partial charge in [0.15, 0.2) is 0 Å². The van der Waals surface area contributed by atoms with Crippen LogP contribution in [0.25, 0.3) is 120 Å². The first-order valence-electron chi connectivity index (χ1n) is 17.8. The molecule has 10 aromatic carbocycles. The Labute approximate surface area is 297 Å². The zero-order valence-electron chi connectivity index (χ0n) is 28.0. The highest BCUT2D eigenvalue weighted by Gasteiger charge is 2.18. The van der Waals surface area contributed by atoms with Crippen molar-refractivity contribution in [3.8, 4) is 22.3 Å². The van der Waals surface area contributed by atoms with Crippen molar-refractivity contribution in [2.24, 2.45) is 0 Å². The maximum atomic E-state index is 6.28. The minimum atomic E-state index is 0.913. The summed E-state index contributed by atoms with van der Waals surface area (Å²) in [6.07, 6.45) is 0. The van der Waals surface area contributed by atoms with Crippen molar-refractivity contribution in [2.75, 3.05) is 0 Å². The summed E-state index contributed by atoms with van der Waals surface area (Å²) in [5.74, 6) is 0. The van der Waals surface area contributed by atoms with Crippen LogP contribution >= 0.6 is 0 Å². The van der Waals surface area contributed by atoms with Gasteiger partial charge in [-0.15, -0.1) is 0 Å². The zero-order chi connectivity index (χ0) is 33.9. The highest BCUT2D eigenvalue weighted by Crippen LogP contribution is 2.46. The topological polar surface area (TPSA) is 26.3 Å². The maximum absolute atomic E-state index is 6.28. The van der Waals surface area contributed by atoms with E-state index in [9.17, 15) is 0 Å². The van der Waals surface area contributed by atoms with Gasteiger partial charge in [0.25, 0.3) is 0 Å². The molecule has 2 nitrogen and oxygen atoms in total. The Morgan fingerprint density at radius 3 is 0.962 bits per heavy atom. The minimum Gasteiger partial charge on any atom is -0.456 e. The van der Waals surface area contributed by atoms with Crippen LogP contribution in [0.15, 0.2) is 179 Å². The van der Waals surface area contributed by atoms with Gasteiger partial charge in [0.05, 0.1) is 0 Å². The largest absolute Gasteiger partial charge is 0.456 e. The van der Waals surface area contributed by atoms with E-state index in [2.05, 4.69) is 146 Å². The summed E-state index contributed by atoms with van der Waals surface area (Å²) in [5.41, 5.74) is 8.32. The second-order valence-corrected chi connectivity index (χ2v) is 14.0. The van der Waals surface area contributed by atoms with E-state index in [1.165, 1.54) is 65.0 Å². The molecule has 0 aliphatic rings. The molecular formula is C50H28O2. The van der Waals surface area contributed by atoms with Crippen LogP contribution in [0.2, 0.25) is 0 Å². The van der Waals surface area contributed by atoms with E-state index in [0.29, 0.717) is 0 Å². The van der Waals surface area contributed by atoms with Gasteiger partial charge in [-0.05, 0) is 125 Å². The molecule has 0 saturated heterocycles. The molecule has 12 rings (SSSR count). The van der Waals surface area contributed by atoms with Gasteiger partial charge in [0.1, 0.15) is 22.3 Å². The molecule has 0 aliphatic carbocycles. The lowest BCUT2D eigenvalue weighted by atomic mass is 9.85. The highest BCUT2D eigenvalue weighted by molar-refractivity contribution is 6.39. The highest BCUT2D eigenvalue weighted by atomic mass is 16.3. The van der Waals surface area contributed by atoms with Gasteiger partial charge >= 0.3 is 0 Å². The second-order valence-electron chi connectivity index (χ2n) is 14.0. The van der Waals surface area contributed by atoms with Crippen molar-refractivity contribution in [3.63, 3.8) is 0 Å². The summed E-state index contributed by atoms with van der Waals surface area (Å²) in [6, 6.07) is 61.5. The molecule has 240 valence electrons. The number of hydrogen-bond acceptors (Lipinski definition) is 2. The summed E-state index contributed by atoms with van der Waals surface area (Å²) < 4.78 is 12.6. The molecule has 0 bridgehead atoms. The maximum Gasteiger partial charge on any atom is 0.136 e. The standard InChI is InChI=1S/C50H28O2/c1-3-13-39-33(9-1)43-25-29(31-17-21-37-35-11-5-7-15-45(35)51-47(37)27-31)19-23-41(43)50-40-14-4-2-10-34(40)44-26-30(20-24-42(44)49(39)50)32-18-22-38-36-12-6-8-16-46(36)52-48(38)28-32/h1-28H. The van der Waals surface area contributed by atoms with E-state index < -0.39 is 0 Å². The Kier molecular flexibility index (Phi) is 5.53. The summed E-state index contributed by atoms with van der Waals surface area (Å²) in [5, 5.41) is 17.3. The molecule has 0 radical (unpaired) electrons. The lowest BCUT2D eigenvalue weighted by molar-refractivity contribution is 0.668. The van der Waals surface area contributed by atoms with Gasteiger partial charge in [-0.3, -0.25) is 0 Å². The van der Waals surface area contributed by atoms with Crippen LogP contribution in [0.1, 0.15) is 0 Å². The number of para-hydroxylation sites is 2. The Hall–Kier alpha value is -6.90. The summed E-state index contributed by atoms with van der Waals surface area (Å²) in [7, 11) is 0. The average molecular weight is 661 g/mol. The summed E-state index contributed by atoms with van der Waals surface area (Å²) in [6.45, 7) is 0. The number of furan rings is 2. The van der Waals surface area contributed by atoms with Crippen molar-refractivity contribution >= 4 is 97.7 Å². The molecule has 0 atom stereocenters. The fourth-order valence-electron chi connectivity index (χ4n) is 8.84. The van der Waals surface area contributed by atoms with E-state index >= 15 is 0 Å². The van der Waals surface area contributed by atoms with Crippen LogP contribution < -0.4 is 0 Å². The summed E-state index contributed by atoms with van der Waals surface area (Å²) >= 11 is 0. The first-order chi connectivity index (χ1) is 25.8. The number of benzene rings is 10. The van der Waals surface area contributed by atoms with Gasteiger partial charge in [-0.25, -0.2) is 0 Å². The van der Waals surface area contributed by atoms with Gasteiger partial charge in [-0.1, -0.05) is 121 Å². The molecule has 12 aromatic rings. The van der Waals surface area contributed by atoms with Gasteiger partial charge in [0.2, 0.25) is 0 Å². The molecule has 0 unspecified atom stereocenters. The Morgan fingerprint density at radius 2 is 0.519 bits per heavy atom. The van der Waals surface area contributed by atoms with Crippen molar-refractivity contribution in [1.82, 2.24) is 0 Å². The zero-order valence-corrected chi connectivity index (χ0v) is 28.0. The Balaban J connectivity index is 1.11. The first-order valence-corrected chi connectivity index (χ1v) is 17.8. The van der Waals surface area contributed by atoms with Crippen LogP contribution in [0.3, 0.4) is 0 Å². The molecule has 0 spiro atoms. The SMILES string of the molecule is c1ccc2c(c1)oc1cc(-c3ccc4c(c3)c3ccccc3c3c5ccc(-c6ccc7c(c6)oc6ccccc67)cc5c5ccccc5c43)ccc12. The Morgan fingerprint density at radius 1 is 0.212 bits per heavy atom. The molecule has 0 N–H and O–H groups in total. The van der Waals surface area contributed by atoms with Gasteiger partial charge in [-0.2, -0.15) is 0 Å². The predicted molar refractivity (Wildman–Crippen MR) is 219 cm³/mol. The quantitative estimate of drug-likeness (QED) is 0.173. The number of fused-ring (bicyclic) bond motifs is 17. The molecule has 0 aliphatic heterocycles. The molecule has 0 saturated carbocycles. The molecular weight excluding hydrogens is 633 g/mol. The second kappa shape index (κ2) is 10.3. The van der Waals surface area contributed by atoms with E-state index in [-0.39, 0.29) is 0 Å². The van der Waals surface area contributed by atoms with Gasteiger partial charge in [0, 0.05) is 21.5 Å². The first kappa shape index (κ1) is 27.9. The van der Waals surface area contributed by atoms with Crippen LogP contribution in [0.4, 0.5) is 0 Å². The fraction of sp³-hybridized carbons (Fsp3) is 0. The van der Waals surface area contributed by atoms with E-state index in [0.717, 1.165) is 55.0 Å². The fourth-order valence-corrected chi connectivity index (χ4v) is 8.84. The van der Waals surface area contributed by atoms with Crippen molar-refractivity contribution < 1.29 is 8.83 Å². The van der Waals surface area contributed by atoms with Crippen LogP contribution in [-0.4, -0.2) is 0 Å². The smallest absolute Gasteiger partial charge is 0.136 e. The van der Waals surface area contributed by atoms with Crippen LogP contribution in [-0.2, 0) is 0 Å². The third kappa shape index (κ3) is 3.84. The number of rotatable bonds is 2. The minimum absolute atomic E-state index is 0.913. The lowest BCUT2D eigenvalue weighted by Gasteiger charge is -2.17. The van der Waals surface area contributed by atoms with Gasteiger partial charge < -0.3 is 8.83 Å². The van der Waals surface area contributed by atoms with Crippen molar-refractivity contribution in [3.05, 3.63) is 170 Å².